The summed E-state index contributed by atoms with van der Waals surface area (Å²) in [6.45, 7) is 1.79. The molecule has 2 aliphatic rings. The topological polar surface area (TPSA) is 60.9 Å². The third-order valence-corrected chi connectivity index (χ3v) is 4.88. The molecule has 6 heteroatoms. The maximum absolute atomic E-state index is 12.8. The molecule has 2 saturated heterocycles. The van der Waals surface area contributed by atoms with Gasteiger partial charge in [0.05, 0.1) is 22.7 Å². The van der Waals surface area contributed by atoms with E-state index in [0.29, 0.717) is 31.1 Å². The van der Waals surface area contributed by atoms with E-state index in [2.05, 4.69) is 0 Å². The number of carbonyl (C=O) groups is 2. The van der Waals surface area contributed by atoms with Crippen molar-refractivity contribution in [2.75, 3.05) is 24.5 Å². The number of para-hydroxylation sites is 1. The van der Waals surface area contributed by atoms with E-state index < -0.39 is 5.97 Å². The van der Waals surface area contributed by atoms with Gasteiger partial charge in [-0.1, -0.05) is 23.7 Å². The molecule has 1 aromatic carbocycles. The van der Waals surface area contributed by atoms with Gasteiger partial charge in [-0.25, -0.2) is 0 Å². The summed E-state index contributed by atoms with van der Waals surface area (Å²) in [5, 5.41) is 9.69. The summed E-state index contributed by atoms with van der Waals surface area (Å²) in [5.41, 5.74) is 0.743. The van der Waals surface area contributed by atoms with Gasteiger partial charge in [-0.15, -0.1) is 0 Å². The number of benzene rings is 1. The minimum atomic E-state index is -0.770. The average Bonchev–Trinajstić information content (AvgIpc) is 2.98. The number of rotatable bonds is 3. The highest BCUT2D eigenvalue weighted by Crippen LogP contribution is 2.31. The number of halogens is 1. The highest BCUT2D eigenvalue weighted by molar-refractivity contribution is 6.33. The van der Waals surface area contributed by atoms with E-state index in [4.69, 9.17) is 16.7 Å². The van der Waals surface area contributed by atoms with Crippen LogP contribution in [0, 0.1) is 5.92 Å². The predicted octanol–water partition coefficient (Wildman–Crippen LogP) is 2.24. The van der Waals surface area contributed by atoms with Crippen molar-refractivity contribution in [2.45, 2.75) is 25.3 Å². The quantitative estimate of drug-likeness (QED) is 0.927. The van der Waals surface area contributed by atoms with Gasteiger partial charge in [0.25, 0.3) is 0 Å². The first-order valence-corrected chi connectivity index (χ1v) is 7.98. The van der Waals surface area contributed by atoms with Gasteiger partial charge in [-0.3, -0.25) is 14.5 Å². The summed E-state index contributed by atoms with van der Waals surface area (Å²) in [6.07, 6.45) is 2.30. The Morgan fingerprint density at radius 1 is 1.23 bits per heavy atom. The van der Waals surface area contributed by atoms with Crippen LogP contribution in [0.4, 0.5) is 5.69 Å². The van der Waals surface area contributed by atoms with Crippen LogP contribution in [0.2, 0.25) is 5.02 Å². The Bertz CT molecular complexity index is 593. The van der Waals surface area contributed by atoms with E-state index in [1.54, 1.807) is 11.0 Å². The van der Waals surface area contributed by atoms with Gasteiger partial charge < -0.3 is 10.0 Å². The molecule has 118 valence electrons. The van der Waals surface area contributed by atoms with Crippen LogP contribution in [-0.2, 0) is 9.59 Å². The van der Waals surface area contributed by atoms with Gasteiger partial charge in [-0.05, 0) is 37.9 Å². The minimum absolute atomic E-state index is 0.0328. The van der Waals surface area contributed by atoms with Gasteiger partial charge in [0.1, 0.15) is 0 Å². The van der Waals surface area contributed by atoms with Crippen molar-refractivity contribution in [3.8, 4) is 0 Å². The zero-order valence-corrected chi connectivity index (χ0v) is 13.0. The van der Waals surface area contributed by atoms with E-state index in [0.717, 1.165) is 18.5 Å². The molecule has 1 amide bonds. The summed E-state index contributed by atoms with van der Waals surface area (Å²) in [4.78, 5) is 27.7. The molecule has 2 fully saturated rings. The van der Waals surface area contributed by atoms with Crippen molar-refractivity contribution in [3.63, 3.8) is 0 Å². The van der Waals surface area contributed by atoms with Crippen LogP contribution in [0.15, 0.2) is 24.3 Å². The Kier molecular flexibility index (Phi) is 4.36. The lowest BCUT2D eigenvalue weighted by Crippen LogP contribution is -2.52. The lowest BCUT2D eigenvalue weighted by molar-refractivity contribution is -0.141. The summed E-state index contributed by atoms with van der Waals surface area (Å²) < 4.78 is 0. The van der Waals surface area contributed by atoms with Crippen LogP contribution in [-0.4, -0.2) is 47.6 Å². The molecule has 3 rings (SSSR count). The number of aliphatic carboxylic acids is 1. The van der Waals surface area contributed by atoms with Gasteiger partial charge in [-0.2, -0.15) is 0 Å². The second-order valence-electron chi connectivity index (χ2n) is 5.92. The number of carboxylic acids is 1. The number of carboxylic acid groups (broad SMARTS) is 1. The molecule has 1 N–H and O–H groups in total. The molecule has 0 saturated carbocycles. The number of amides is 1. The van der Waals surface area contributed by atoms with E-state index in [1.165, 1.54) is 0 Å². The minimum Gasteiger partial charge on any atom is -0.481 e. The lowest BCUT2D eigenvalue weighted by Gasteiger charge is -2.37. The second-order valence-corrected chi connectivity index (χ2v) is 6.33. The van der Waals surface area contributed by atoms with Crippen molar-refractivity contribution in [3.05, 3.63) is 29.3 Å². The Balaban J connectivity index is 1.76. The highest BCUT2D eigenvalue weighted by Gasteiger charge is 2.39. The average molecular weight is 323 g/mol. The van der Waals surface area contributed by atoms with Crippen molar-refractivity contribution in [2.24, 2.45) is 5.92 Å². The van der Waals surface area contributed by atoms with Crippen LogP contribution >= 0.6 is 11.6 Å². The second kappa shape index (κ2) is 6.26. The third kappa shape index (κ3) is 2.83. The fraction of sp³-hybridized carbons (Fsp3) is 0.500. The zero-order valence-electron chi connectivity index (χ0n) is 12.2. The zero-order chi connectivity index (χ0) is 15.7. The number of anilines is 1. The smallest absolute Gasteiger partial charge is 0.307 e. The van der Waals surface area contributed by atoms with Gasteiger partial charge >= 0.3 is 5.97 Å². The lowest BCUT2D eigenvalue weighted by atomic mass is 10.0. The molecular weight excluding hydrogens is 304 g/mol. The molecule has 22 heavy (non-hydrogen) atoms. The van der Waals surface area contributed by atoms with Crippen molar-refractivity contribution in [1.82, 2.24) is 4.90 Å². The van der Waals surface area contributed by atoms with Crippen molar-refractivity contribution in [1.29, 1.82) is 0 Å². The van der Waals surface area contributed by atoms with Crippen molar-refractivity contribution >= 4 is 29.2 Å². The summed E-state index contributed by atoms with van der Waals surface area (Å²) in [6, 6.07) is 7.12. The van der Waals surface area contributed by atoms with Crippen LogP contribution in [0.3, 0.4) is 0 Å². The first kappa shape index (κ1) is 15.3. The van der Waals surface area contributed by atoms with Crippen molar-refractivity contribution < 1.29 is 14.7 Å². The van der Waals surface area contributed by atoms with E-state index in [1.807, 2.05) is 23.1 Å². The van der Waals surface area contributed by atoms with Crippen LogP contribution in [0.1, 0.15) is 19.3 Å². The van der Waals surface area contributed by atoms with Gasteiger partial charge in [0.2, 0.25) is 5.91 Å². The molecule has 2 atom stereocenters. The monoisotopic (exact) mass is 322 g/mol. The maximum atomic E-state index is 12.8. The maximum Gasteiger partial charge on any atom is 0.307 e. The fourth-order valence-corrected chi connectivity index (χ4v) is 3.61. The van der Waals surface area contributed by atoms with Crippen LogP contribution < -0.4 is 4.90 Å². The number of hydrogen-bond acceptors (Lipinski definition) is 3. The molecule has 0 aromatic heterocycles. The molecule has 2 heterocycles. The standard InChI is InChI=1S/C16H19ClN2O3/c17-12-4-1-2-5-13(12)19-8-3-6-14(15(19)20)18-9-7-11(10-18)16(21)22/h1-2,4-5,11,14H,3,6-10H2,(H,21,22). The third-order valence-electron chi connectivity index (χ3n) is 4.56. The Labute approximate surface area is 134 Å². The molecule has 0 bridgehead atoms. The van der Waals surface area contributed by atoms with E-state index in [-0.39, 0.29) is 17.9 Å². The molecule has 0 radical (unpaired) electrons. The molecule has 0 spiro atoms. The molecular formula is C16H19ClN2O3. The number of nitrogens with zero attached hydrogens (tertiary/aromatic N) is 2. The SMILES string of the molecule is O=C(O)C1CCN(C2CCCN(c3ccccc3Cl)C2=O)C1. The summed E-state index contributed by atoms with van der Waals surface area (Å²) in [7, 11) is 0. The Morgan fingerprint density at radius 3 is 2.68 bits per heavy atom. The van der Waals surface area contributed by atoms with E-state index in [9.17, 15) is 9.59 Å². The molecule has 5 nitrogen and oxygen atoms in total. The molecule has 1 aromatic rings. The summed E-state index contributed by atoms with van der Waals surface area (Å²) >= 11 is 6.21. The van der Waals surface area contributed by atoms with Crippen LogP contribution in [0.5, 0.6) is 0 Å². The fourth-order valence-electron chi connectivity index (χ4n) is 3.38. The predicted molar refractivity (Wildman–Crippen MR) is 84.1 cm³/mol. The number of hydrogen-bond donors (Lipinski definition) is 1. The highest BCUT2D eigenvalue weighted by atomic mass is 35.5. The number of carbonyl (C=O) groups excluding carboxylic acids is 1. The summed E-state index contributed by atoms with van der Waals surface area (Å²) in [5.74, 6) is -1.09. The normalized spacial score (nSPS) is 26.4. The Morgan fingerprint density at radius 2 is 2.00 bits per heavy atom. The van der Waals surface area contributed by atoms with Gasteiger partial charge in [0.15, 0.2) is 0 Å². The van der Waals surface area contributed by atoms with Crippen LogP contribution in [0.25, 0.3) is 0 Å². The first-order valence-electron chi connectivity index (χ1n) is 7.60. The first-order chi connectivity index (χ1) is 10.6. The van der Waals surface area contributed by atoms with E-state index >= 15 is 0 Å². The number of piperidine rings is 1. The molecule has 2 aliphatic heterocycles. The van der Waals surface area contributed by atoms with Gasteiger partial charge in [0, 0.05) is 13.1 Å². The number of likely N-dealkylation sites (tertiary alicyclic amines) is 1. The molecule has 2 unspecified atom stereocenters. The molecule has 0 aliphatic carbocycles. The largest absolute Gasteiger partial charge is 0.481 e. The Hall–Kier alpha value is -1.59.